The molecule has 0 unspecified atom stereocenters. The molecule has 0 saturated carbocycles. The van der Waals surface area contributed by atoms with E-state index in [4.69, 9.17) is 14.9 Å². The molecule has 3 aromatic carbocycles. The molecule has 0 aliphatic heterocycles. The SMILES string of the molecule is CC(C)c1cnn2c(NCc3cccc(OS(=O)(=O)c4cccc5c(N(C)C)cccc45)c3)cc(NCCCCCN)nc12. The number of nitrogens with one attached hydrogen (secondary N) is 2. The highest BCUT2D eigenvalue weighted by Crippen LogP contribution is 2.32. The molecule has 5 aromatic rings. The van der Waals surface area contributed by atoms with Gasteiger partial charge in [-0.2, -0.15) is 18.0 Å². The molecular formula is C33H41N7O3S. The quantitative estimate of drug-likeness (QED) is 0.102. The monoisotopic (exact) mass is 615 g/mol. The standard InChI is InChI=1S/C33H41N7O3S/c1-23(2)28-22-37-40-32(20-31(38-33(28)40)35-18-7-5-6-17-34)36-21-24-11-8-12-25(19-24)43-44(41,42)30-16-10-13-26-27(30)14-9-15-29(26)39(3)4/h8-16,19-20,22-23,36H,5-7,17-18,21,34H2,1-4H3,(H,35,38). The average Bonchev–Trinajstić information content (AvgIpc) is 3.43. The Morgan fingerprint density at radius 3 is 2.50 bits per heavy atom. The van der Waals surface area contributed by atoms with Crippen molar-refractivity contribution in [1.29, 1.82) is 0 Å². The fourth-order valence-corrected chi connectivity index (χ4v) is 6.35. The van der Waals surface area contributed by atoms with Crippen molar-refractivity contribution in [3.8, 4) is 5.75 Å². The van der Waals surface area contributed by atoms with Crippen LogP contribution in [0.25, 0.3) is 16.4 Å². The third kappa shape index (κ3) is 6.89. The van der Waals surface area contributed by atoms with Gasteiger partial charge in [-0.3, -0.25) is 0 Å². The zero-order chi connectivity index (χ0) is 31.3. The second-order valence-corrected chi connectivity index (χ2v) is 12.9. The molecular weight excluding hydrogens is 574 g/mol. The van der Waals surface area contributed by atoms with Crippen molar-refractivity contribution in [1.82, 2.24) is 14.6 Å². The first-order valence-corrected chi connectivity index (χ1v) is 16.4. The molecule has 0 amide bonds. The van der Waals surface area contributed by atoms with E-state index in [1.807, 2.05) is 60.0 Å². The lowest BCUT2D eigenvalue weighted by Crippen LogP contribution is -2.12. The predicted molar refractivity (Wildman–Crippen MR) is 178 cm³/mol. The Bertz CT molecular complexity index is 1850. The van der Waals surface area contributed by atoms with Crippen molar-refractivity contribution >= 4 is 43.9 Å². The van der Waals surface area contributed by atoms with Gasteiger partial charge in [0.25, 0.3) is 0 Å². The van der Waals surface area contributed by atoms with Crippen LogP contribution >= 0.6 is 0 Å². The minimum absolute atomic E-state index is 0.129. The third-order valence-corrected chi connectivity index (χ3v) is 8.80. The molecule has 10 nitrogen and oxygen atoms in total. The molecule has 0 aliphatic carbocycles. The highest BCUT2D eigenvalue weighted by Gasteiger charge is 2.21. The van der Waals surface area contributed by atoms with E-state index in [0.717, 1.165) is 65.3 Å². The van der Waals surface area contributed by atoms with Crippen LogP contribution in [0.15, 0.2) is 77.8 Å². The summed E-state index contributed by atoms with van der Waals surface area (Å²) in [5, 5.41) is 13.0. The first-order chi connectivity index (χ1) is 21.2. The number of aromatic nitrogens is 3. The Balaban J connectivity index is 1.36. The molecule has 2 heterocycles. The van der Waals surface area contributed by atoms with Gasteiger partial charge in [0.2, 0.25) is 0 Å². The smallest absolute Gasteiger partial charge is 0.339 e. The summed E-state index contributed by atoms with van der Waals surface area (Å²) in [4.78, 5) is 6.93. The van der Waals surface area contributed by atoms with Gasteiger partial charge in [-0.25, -0.2) is 4.98 Å². The average molecular weight is 616 g/mol. The number of nitrogens with zero attached hydrogens (tertiary/aromatic N) is 4. The second-order valence-electron chi connectivity index (χ2n) is 11.4. The molecule has 0 saturated heterocycles. The zero-order valence-corrected chi connectivity index (χ0v) is 26.6. The first kappa shape index (κ1) is 31.1. The first-order valence-electron chi connectivity index (χ1n) is 15.0. The van der Waals surface area contributed by atoms with E-state index in [1.54, 1.807) is 36.4 Å². The van der Waals surface area contributed by atoms with Crippen molar-refractivity contribution in [2.24, 2.45) is 5.73 Å². The van der Waals surface area contributed by atoms with Crippen LogP contribution in [0, 0.1) is 0 Å². The van der Waals surface area contributed by atoms with E-state index < -0.39 is 10.1 Å². The van der Waals surface area contributed by atoms with Gasteiger partial charge in [0, 0.05) is 55.3 Å². The molecule has 4 N–H and O–H groups in total. The minimum atomic E-state index is -4.10. The third-order valence-electron chi connectivity index (χ3n) is 7.50. The van der Waals surface area contributed by atoms with Gasteiger partial charge in [0.15, 0.2) is 5.65 Å². The van der Waals surface area contributed by atoms with E-state index in [9.17, 15) is 8.42 Å². The summed E-state index contributed by atoms with van der Waals surface area (Å²) in [6, 6.07) is 19.9. The molecule has 0 atom stereocenters. The fourth-order valence-electron chi connectivity index (χ4n) is 5.21. The molecule has 11 heteroatoms. The number of hydrogen-bond donors (Lipinski definition) is 3. The van der Waals surface area contributed by atoms with Gasteiger partial charge >= 0.3 is 10.1 Å². The van der Waals surface area contributed by atoms with Crippen molar-refractivity contribution in [3.05, 3.63) is 84.1 Å². The summed E-state index contributed by atoms with van der Waals surface area (Å²) in [7, 11) is -0.235. The van der Waals surface area contributed by atoms with Crippen LogP contribution in [-0.4, -0.2) is 50.2 Å². The van der Waals surface area contributed by atoms with Gasteiger partial charge in [-0.05, 0) is 55.1 Å². The maximum absolute atomic E-state index is 13.5. The Morgan fingerprint density at radius 2 is 1.73 bits per heavy atom. The summed E-state index contributed by atoms with van der Waals surface area (Å²) in [5.74, 6) is 2.05. The molecule has 0 aliphatic rings. The number of unbranched alkanes of at least 4 members (excludes halogenated alkanes) is 2. The van der Waals surface area contributed by atoms with Crippen LogP contribution in [-0.2, 0) is 16.7 Å². The van der Waals surface area contributed by atoms with Crippen LogP contribution in [0.2, 0.25) is 0 Å². The van der Waals surface area contributed by atoms with Crippen molar-refractivity contribution in [2.45, 2.75) is 50.5 Å². The van der Waals surface area contributed by atoms with Gasteiger partial charge in [-0.1, -0.05) is 56.7 Å². The number of rotatable bonds is 14. The lowest BCUT2D eigenvalue weighted by atomic mass is 10.1. The van der Waals surface area contributed by atoms with Crippen molar-refractivity contribution in [3.63, 3.8) is 0 Å². The number of anilines is 3. The maximum atomic E-state index is 13.5. The van der Waals surface area contributed by atoms with Gasteiger partial charge < -0.3 is 25.5 Å². The summed E-state index contributed by atoms with van der Waals surface area (Å²) < 4.78 is 34.5. The highest BCUT2D eigenvalue weighted by atomic mass is 32.2. The summed E-state index contributed by atoms with van der Waals surface area (Å²) >= 11 is 0. The van der Waals surface area contributed by atoms with Crippen LogP contribution in [0.3, 0.4) is 0 Å². The lowest BCUT2D eigenvalue weighted by molar-refractivity contribution is 0.487. The van der Waals surface area contributed by atoms with Crippen LogP contribution in [0.4, 0.5) is 17.3 Å². The Hall–Kier alpha value is -4.35. The van der Waals surface area contributed by atoms with Gasteiger partial charge in [-0.15, -0.1) is 0 Å². The predicted octanol–water partition coefficient (Wildman–Crippen LogP) is 5.99. The zero-order valence-electron chi connectivity index (χ0n) is 25.7. The molecule has 5 rings (SSSR count). The van der Waals surface area contributed by atoms with E-state index in [1.165, 1.54) is 0 Å². The topological polar surface area (TPSA) is 127 Å². The Kier molecular flexibility index (Phi) is 9.55. The van der Waals surface area contributed by atoms with Crippen molar-refractivity contribution < 1.29 is 12.6 Å². The molecule has 44 heavy (non-hydrogen) atoms. The Morgan fingerprint density at radius 1 is 0.955 bits per heavy atom. The summed E-state index contributed by atoms with van der Waals surface area (Å²) in [6.45, 7) is 6.17. The molecule has 0 fully saturated rings. The maximum Gasteiger partial charge on any atom is 0.339 e. The molecule has 0 bridgehead atoms. The van der Waals surface area contributed by atoms with E-state index in [-0.39, 0.29) is 16.6 Å². The Labute approximate surface area is 259 Å². The molecule has 0 spiro atoms. The summed E-state index contributed by atoms with van der Waals surface area (Å²) in [6.07, 6.45) is 4.93. The van der Waals surface area contributed by atoms with E-state index in [2.05, 4.69) is 29.6 Å². The lowest BCUT2D eigenvalue weighted by Gasteiger charge is -2.17. The van der Waals surface area contributed by atoms with Gasteiger partial charge in [0.1, 0.15) is 22.3 Å². The number of benzene rings is 3. The number of nitrogens with two attached hydrogens (primary N) is 1. The fraction of sp³-hybridized carbons (Fsp3) is 0.333. The largest absolute Gasteiger partial charge is 0.379 e. The van der Waals surface area contributed by atoms with Crippen LogP contribution in [0.1, 0.15) is 50.2 Å². The molecule has 232 valence electrons. The van der Waals surface area contributed by atoms with Crippen LogP contribution in [0.5, 0.6) is 5.75 Å². The normalized spacial score (nSPS) is 11.8. The summed E-state index contributed by atoms with van der Waals surface area (Å²) in [5.41, 5.74) is 9.27. The number of fused-ring (bicyclic) bond motifs is 2. The van der Waals surface area contributed by atoms with Crippen molar-refractivity contribution in [2.75, 3.05) is 42.7 Å². The molecule has 0 radical (unpaired) electrons. The van der Waals surface area contributed by atoms with E-state index >= 15 is 0 Å². The molecule has 2 aromatic heterocycles. The number of hydrogen-bond acceptors (Lipinski definition) is 9. The highest BCUT2D eigenvalue weighted by molar-refractivity contribution is 7.87. The van der Waals surface area contributed by atoms with Gasteiger partial charge in [0.05, 0.1) is 6.20 Å². The van der Waals surface area contributed by atoms with E-state index in [0.29, 0.717) is 18.5 Å². The van der Waals surface area contributed by atoms with Crippen LogP contribution < -0.4 is 25.5 Å². The second kappa shape index (κ2) is 13.5. The minimum Gasteiger partial charge on any atom is -0.379 e.